The van der Waals surface area contributed by atoms with E-state index in [4.69, 9.17) is 18.4 Å². The Hall–Kier alpha value is -0.693. The van der Waals surface area contributed by atoms with Crippen LogP contribution in [0.4, 0.5) is 0 Å². The van der Waals surface area contributed by atoms with E-state index in [1.165, 1.54) is 28.3 Å². The molecular weight excluding hydrogens is 216 g/mol. The first-order chi connectivity index (χ1) is 6.98. The van der Waals surface area contributed by atoms with Gasteiger partial charge in [0.05, 0.1) is 0 Å². The van der Waals surface area contributed by atoms with Gasteiger partial charge in [-0.2, -0.15) is 0 Å². The molecule has 0 aliphatic carbocycles. The average Bonchev–Trinajstić information content (AvgIpc) is 2.25. The summed E-state index contributed by atoms with van der Waals surface area (Å²) < 4.78 is 15.7. The molecule has 0 amide bonds. The normalized spacial score (nSPS) is 13.7. The van der Waals surface area contributed by atoms with Crippen LogP contribution in [0.5, 0.6) is 0 Å². The molecule has 0 bridgehead atoms. The number of carbonyl (C=O) groups is 1. The molecule has 0 aliphatic rings. The van der Waals surface area contributed by atoms with E-state index >= 15 is 0 Å². The summed E-state index contributed by atoms with van der Waals surface area (Å²) in [7, 11) is 1.41. The highest BCUT2D eigenvalue weighted by Gasteiger charge is 2.44. The van der Waals surface area contributed by atoms with E-state index in [9.17, 15) is 4.79 Å². The van der Waals surface area contributed by atoms with Crippen LogP contribution in [0.25, 0.3) is 0 Å². The molecule has 88 valence electrons. The Labute approximate surface area is 91.0 Å². The molecule has 0 atom stereocenters. The smallest absolute Gasteiger partial charge is 0.478 e. The number of carboxylic acids is 1. The molecule has 0 unspecified atom stereocenters. The molecule has 5 nitrogen and oxygen atoms in total. The van der Waals surface area contributed by atoms with Gasteiger partial charge in [-0.3, -0.25) is 0 Å². The Bertz CT molecular complexity index is 249. The summed E-state index contributed by atoms with van der Waals surface area (Å²) in [5.74, 6) is -0.977. The molecule has 0 aromatic heterocycles. The molecule has 0 spiro atoms. The SMILES string of the molecule is CC/C(=C(/C)C(=O)O)[Si](OC)(OC)OC. The van der Waals surface area contributed by atoms with Gasteiger partial charge in [0.25, 0.3) is 0 Å². The third-order valence-corrected chi connectivity index (χ3v) is 5.38. The van der Waals surface area contributed by atoms with Crippen LogP contribution in [0.15, 0.2) is 10.8 Å². The maximum absolute atomic E-state index is 10.9. The van der Waals surface area contributed by atoms with E-state index in [1.54, 1.807) is 0 Å². The highest BCUT2D eigenvalue weighted by molar-refractivity contribution is 6.69. The second kappa shape index (κ2) is 6.01. The van der Waals surface area contributed by atoms with Crippen LogP contribution in [0.2, 0.25) is 0 Å². The summed E-state index contributed by atoms with van der Waals surface area (Å²) >= 11 is 0. The lowest BCUT2D eigenvalue weighted by Gasteiger charge is -2.27. The summed E-state index contributed by atoms with van der Waals surface area (Å²) in [4.78, 5) is 10.9. The van der Waals surface area contributed by atoms with Crippen molar-refractivity contribution < 1.29 is 23.2 Å². The molecule has 0 heterocycles. The molecule has 6 heteroatoms. The van der Waals surface area contributed by atoms with Gasteiger partial charge in [0.15, 0.2) is 0 Å². The largest absolute Gasteiger partial charge is 0.532 e. The quantitative estimate of drug-likeness (QED) is 0.553. The monoisotopic (exact) mass is 234 g/mol. The van der Waals surface area contributed by atoms with Gasteiger partial charge < -0.3 is 18.4 Å². The van der Waals surface area contributed by atoms with Crippen LogP contribution in [0.3, 0.4) is 0 Å². The number of carboxylic acid groups (broad SMARTS) is 1. The van der Waals surface area contributed by atoms with Crippen molar-refractivity contribution in [3.8, 4) is 0 Å². The lowest BCUT2D eigenvalue weighted by atomic mass is 10.2. The lowest BCUT2D eigenvalue weighted by Crippen LogP contribution is -2.46. The van der Waals surface area contributed by atoms with Crippen molar-refractivity contribution in [2.45, 2.75) is 20.3 Å². The molecule has 0 aliphatic heterocycles. The number of aliphatic carboxylic acids is 1. The fraction of sp³-hybridized carbons (Fsp3) is 0.667. The predicted molar refractivity (Wildman–Crippen MR) is 57.4 cm³/mol. The minimum absolute atomic E-state index is 0.231. The van der Waals surface area contributed by atoms with Crippen molar-refractivity contribution in [1.82, 2.24) is 0 Å². The Kier molecular flexibility index (Phi) is 5.74. The summed E-state index contributed by atoms with van der Waals surface area (Å²) in [6, 6.07) is 0. The van der Waals surface area contributed by atoms with Crippen molar-refractivity contribution in [2.75, 3.05) is 21.3 Å². The molecule has 0 radical (unpaired) electrons. The molecule has 1 N–H and O–H groups in total. The van der Waals surface area contributed by atoms with Crippen LogP contribution in [-0.2, 0) is 18.1 Å². The van der Waals surface area contributed by atoms with Crippen LogP contribution >= 0.6 is 0 Å². The van der Waals surface area contributed by atoms with Gasteiger partial charge in [0, 0.05) is 32.1 Å². The Morgan fingerprint density at radius 2 is 1.60 bits per heavy atom. The summed E-state index contributed by atoms with van der Waals surface area (Å²) in [6.07, 6.45) is 0.528. The first-order valence-electron chi connectivity index (χ1n) is 4.58. The number of hydrogen-bond acceptors (Lipinski definition) is 4. The maximum Gasteiger partial charge on any atom is 0.532 e. The molecule has 0 fully saturated rings. The molecule has 0 aromatic carbocycles. The zero-order valence-corrected chi connectivity index (χ0v) is 10.8. The van der Waals surface area contributed by atoms with Gasteiger partial charge in [-0.1, -0.05) is 6.92 Å². The van der Waals surface area contributed by atoms with E-state index < -0.39 is 14.8 Å². The highest BCUT2D eigenvalue weighted by atomic mass is 28.4. The van der Waals surface area contributed by atoms with E-state index in [2.05, 4.69) is 0 Å². The van der Waals surface area contributed by atoms with Crippen LogP contribution in [0, 0.1) is 0 Å². The van der Waals surface area contributed by atoms with Gasteiger partial charge in [-0.05, 0) is 13.3 Å². The summed E-state index contributed by atoms with van der Waals surface area (Å²) in [5, 5.41) is 9.53. The molecule has 15 heavy (non-hydrogen) atoms. The number of hydrogen-bond donors (Lipinski definition) is 1. The fourth-order valence-electron chi connectivity index (χ4n) is 1.46. The zero-order valence-electron chi connectivity index (χ0n) is 9.79. The van der Waals surface area contributed by atoms with Crippen molar-refractivity contribution in [3.05, 3.63) is 10.8 Å². The second-order valence-corrected chi connectivity index (χ2v) is 5.87. The third kappa shape index (κ3) is 2.88. The van der Waals surface area contributed by atoms with Crippen LogP contribution in [0.1, 0.15) is 20.3 Å². The lowest BCUT2D eigenvalue weighted by molar-refractivity contribution is -0.132. The standard InChI is InChI=1S/C9H18O5Si/c1-6-8(7(2)9(10)11)15(12-3,13-4)14-5/h6H2,1-5H3,(H,10,11)/b8-7+. The van der Waals surface area contributed by atoms with Crippen molar-refractivity contribution in [1.29, 1.82) is 0 Å². The number of rotatable bonds is 6. The fourth-order valence-corrected chi connectivity index (χ4v) is 3.70. The molecule has 0 saturated heterocycles. The van der Waals surface area contributed by atoms with Crippen molar-refractivity contribution in [3.63, 3.8) is 0 Å². The maximum atomic E-state index is 10.9. The highest BCUT2D eigenvalue weighted by Crippen LogP contribution is 2.24. The number of allylic oxidation sites excluding steroid dienone is 1. The molecule has 0 saturated carbocycles. The zero-order chi connectivity index (χ0) is 12.1. The minimum atomic E-state index is -2.97. The van der Waals surface area contributed by atoms with Crippen LogP contribution in [-0.4, -0.2) is 41.2 Å². The Morgan fingerprint density at radius 3 is 1.80 bits per heavy atom. The summed E-state index contributed by atoms with van der Waals surface area (Å²) in [5.41, 5.74) is 0.231. The van der Waals surface area contributed by atoms with E-state index in [0.29, 0.717) is 11.6 Å². The van der Waals surface area contributed by atoms with Gasteiger partial charge in [-0.15, -0.1) is 0 Å². The average molecular weight is 234 g/mol. The van der Waals surface area contributed by atoms with E-state index in [0.717, 1.165) is 0 Å². The van der Waals surface area contributed by atoms with Gasteiger partial charge in [0.2, 0.25) is 0 Å². The van der Waals surface area contributed by atoms with Crippen LogP contribution < -0.4 is 0 Å². The molecule has 0 aromatic rings. The predicted octanol–water partition coefficient (Wildman–Crippen LogP) is 1.21. The van der Waals surface area contributed by atoms with E-state index in [-0.39, 0.29) is 5.57 Å². The first kappa shape index (κ1) is 14.3. The van der Waals surface area contributed by atoms with E-state index in [1.807, 2.05) is 6.92 Å². The van der Waals surface area contributed by atoms with Gasteiger partial charge >= 0.3 is 14.8 Å². The Balaban J connectivity index is 5.43. The third-order valence-electron chi connectivity index (χ3n) is 2.30. The topological polar surface area (TPSA) is 65.0 Å². The van der Waals surface area contributed by atoms with Crippen molar-refractivity contribution in [2.24, 2.45) is 0 Å². The van der Waals surface area contributed by atoms with Crippen molar-refractivity contribution >= 4 is 14.8 Å². The molecular formula is C9H18O5Si. The Morgan fingerprint density at radius 1 is 1.20 bits per heavy atom. The first-order valence-corrected chi connectivity index (χ1v) is 6.30. The second-order valence-electron chi connectivity index (χ2n) is 2.93. The van der Waals surface area contributed by atoms with Gasteiger partial charge in [-0.25, -0.2) is 4.79 Å². The summed E-state index contributed by atoms with van der Waals surface area (Å²) in [6.45, 7) is 3.38. The minimum Gasteiger partial charge on any atom is -0.478 e. The molecule has 0 rings (SSSR count). The van der Waals surface area contributed by atoms with Gasteiger partial charge in [0.1, 0.15) is 0 Å².